The molecule has 0 aliphatic heterocycles. The minimum absolute atomic E-state index is 0.135. The number of benzene rings is 1. The Bertz CT molecular complexity index is 655. The van der Waals surface area contributed by atoms with Crippen molar-refractivity contribution in [2.24, 2.45) is 0 Å². The zero-order valence-electron chi connectivity index (χ0n) is 13.5. The van der Waals surface area contributed by atoms with Crippen molar-refractivity contribution in [3.8, 4) is 0 Å². The van der Waals surface area contributed by atoms with Crippen LogP contribution in [0.2, 0.25) is 0 Å². The monoisotopic (exact) mass is 298 g/mol. The van der Waals surface area contributed by atoms with Crippen molar-refractivity contribution < 1.29 is 4.79 Å². The summed E-state index contributed by atoms with van der Waals surface area (Å²) in [6, 6.07) is 9.82. The van der Waals surface area contributed by atoms with Crippen molar-refractivity contribution in [1.82, 2.24) is 9.88 Å². The van der Waals surface area contributed by atoms with Crippen molar-refractivity contribution in [2.75, 3.05) is 31.4 Å². The van der Waals surface area contributed by atoms with E-state index in [-0.39, 0.29) is 6.03 Å². The molecule has 116 valence electrons. The van der Waals surface area contributed by atoms with E-state index in [9.17, 15) is 4.79 Å². The highest BCUT2D eigenvalue weighted by molar-refractivity contribution is 5.89. The molecule has 5 heteroatoms. The van der Waals surface area contributed by atoms with Crippen LogP contribution in [0.1, 0.15) is 11.1 Å². The van der Waals surface area contributed by atoms with E-state index >= 15 is 0 Å². The highest BCUT2D eigenvalue weighted by atomic mass is 16.2. The molecule has 2 aromatic rings. The first-order valence-electron chi connectivity index (χ1n) is 7.16. The number of nitrogens with zero attached hydrogens (tertiary/aromatic N) is 3. The Labute approximate surface area is 131 Å². The molecule has 0 saturated heterocycles. The molecule has 0 bridgehead atoms. The molecule has 0 spiro atoms. The number of nitrogens with one attached hydrogen (secondary N) is 1. The van der Waals surface area contributed by atoms with E-state index in [0.717, 1.165) is 22.5 Å². The molecule has 0 saturated carbocycles. The van der Waals surface area contributed by atoms with Crippen LogP contribution in [0.4, 0.5) is 16.2 Å². The van der Waals surface area contributed by atoms with Gasteiger partial charge in [-0.05, 0) is 36.2 Å². The Morgan fingerprint density at radius 3 is 2.68 bits per heavy atom. The fraction of sp³-hybridized carbons (Fsp3) is 0.294. The lowest BCUT2D eigenvalue weighted by atomic mass is 10.2. The van der Waals surface area contributed by atoms with Gasteiger partial charge in [-0.25, -0.2) is 4.79 Å². The number of pyridine rings is 1. The Morgan fingerprint density at radius 1 is 1.23 bits per heavy atom. The van der Waals surface area contributed by atoms with Crippen LogP contribution in [-0.2, 0) is 6.54 Å². The maximum absolute atomic E-state index is 12.3. The third-order valence-electron chi connectivity index (χ3n) is 3.46. The quantitative estimate of drug-likeness (QED) is 0.943. The van der Waals surface area contributed by atoms with Crippen LogP contribution in [-0.4, -0.2) is 37.1 Å². The molecule has 1 N–H and O–H groups in total. The first-order valence-corrected chi connectivity index (χ1v) is 7.16. The number of amides is 2. The van der Waals surface area contributed by atoms with E-state index in [1.165, 1.54) is 0 Å². The van der Waals surface area contributed by atoms with Crippen molar-refractivity contribution in [1.29, 1.82) is 0 Å². The van der Waals surface area contributed by atoms with E-state index in [4.69, 9.17) is 0 Å². The normalized spacial score (nSPS) is 10.2. The summed E-state index contributed by atoms with van der Waals surface area (Å²) in [5.74, 6) is 0. The van der Waals surface area contributed by atoms with Gasteiger partial charge in [-0.15, -0.1) is 0 Å². The third-order valence-corrected chi connectivity index (χ3v) is 3.46. The van der Waals surface area contributed by atoms with Crippen LogP contribution in [0.15, 0.2) is 42.7 Å². The summed E-state index contributed by atoms with van der Waals surface area (Å²) in [4.78, 5) is 20.0. The van der Waals surface area contributed by atoms with Crippen molar-refractivity contribution in [3.05, 3.63) is 53.9 Å². The summed E-state index contributed by atoms with van der Waals surface area (Å²) in [5, 5.41) is 2.90. The van der Waals surface area contributed by atoms with Gasteiger partial charge in [0.05, 0.1) is 0 Å². The van der Waals surface area contributed by atoms with Gasteiger partial charge in [-0.3, -0.25) is 4.98 Å². The van der Waals surface area contributed by atoms with Gasteiger partial charge in [0.15, 0.2) is 0 Å². The molecule has 0 unspecified atom stereocenters. The zero-order chi connectivity index (χ0) is 16.1. The number of rotatable bonds is 4. The van der Waals surface area contributed by atoms with Crippen LogP contribution in [0.3, 0.4) is 0 Å². The number of anilines is 2. The largest absolute Gasteiger partial charge is 0.378 e. The first kappa shape index (κ1) is 15.8. The number of hydrogen-bond donors (Lipinski definition) is 1. The fourth-order valence-electron chi connectivity index (χ4n) is 2.10. The van der Waals surface area contributed by atoms with E-state index in [0.29, 0.717) is 6.54 Å². The molecule has 0 aliphatic carbocycles. The van der Waals surface area contributed by atoms with E-state index in [1.54, 1.807) is 30.4 Å². The zero-order valence-corrected chi connectivity index (χ0v) is 13.5. The second-order valence-electron chi connectivity index (χ2n) is 5.54. The van der Waals surface area contributed by atoms with Gasteiger partial charge < -0.3 is 15.1 Å². The Hall–Kier alpha value is -2.56. The van der Waals surface area contributed by atoms with E-state index in [1.807, 2.05) is 44.1 Å². The Balaban J connectivity index is 2.02. The number of carbonyl (C=O) groups is 1. The third kappa shape index (κ3) is 3.97. The molecule has 1 heterocycles. The molecular formula is C17H22N4O. The van der Waals surface area contributed by atoms with E-state index < -0.39 is 0 Å². The highest BCUT2D eigenvalue weighted by Crippen LogP contribution is 2.16. The van der Waals surface area contributed by atoms with Gasteiger partial charge in [0.1, 0.15) is 0 Å². The molecule has 5 nitrogen and oxygen atoms in total. The minimum Gasteiger partial charge on any atom is -0.378 e. The first-order chi connectivity index (χ1) is 10.5. The molecule has 1 aromatic heterocycles. The molecule has 2 amide bonds. The molecule has 0 atom stereocenters. The van der Waals surface area contributed by atoms with Gasteiger partial charge in [-0.1, -0.05) is 12.1 Å². The minimum atomic E-state index is -0.135. The summed E-state index contributed by atoms with van der Waals surface area (Å²) in [6.45, 7) is 2.47. The predicted octanol–water partition coefficient (Wildman–Crippen LogP) is 3.12. The molecule has 0 fully saturated rings. The van der Waals surface area contributed by atoms with Gasteiger partial charge in [-0.2, -0.15) is 0 Å². The van der Waals surface area contributed by atoms with Crippen LogP contribution in [0.5, 0.6) is 0 Å². The summed E-state index contributed by atoms with van der Waals surface area (Å²) in [5.41, 5.74) is 3.94. The number of carbonyl (C=O) groups excluding carboxylic acids is 1. The standard InChI is InChI=1S/C17H22N4O/c1-13-11-18-9-8-16(13)19-17(22)21(4)12-14-6-5-7-15(10-14)20(2)3/h5-11H,12H2,1-4H3,(H,18,19,22). The highest BCUT2D eigenvalue weighted by Gasteiger charge is 2.11. The smallest absolute Gasteiger partial charge is 0.321 e. The van der Waals surface area contributed by atoms with E-state index in [2.05, 4.69) is 16.4 Å². The van der Waals surface area contributed by atoms with Crippen molar-refractivity contribution in [2.45, 2.75) is 13.5 Å². The van der Waals surface area contributed by atoms with Gasteiger partial charge >= 0.3 is 6.03 Å². The van der Waals surface area contributed by atoms with Gasteiger partial charge in [0.2, 0.25) is 0 Å². The Morgan fingerprint density at radius 2 is 2.00 bits per heavy atom. The number of hydrogen-bond acceptors (Lipinski definition) is 3. The van der Waals surface area contributed by atoms with Crippen molar-refractivity contribution in [3.63, 3.8) is 0 Å². The molecule has 1 aromatic carbocycles. The van der Waals surface area contributed by atoms with Crippen LogP contribution in [0, 0.1) is 6.92 Å². The summed E-state index contributed by atoms with van der Waals surface area (Å²) in [7, 11) is 5.79. The summed E-state index contributed by atoms with van der Waals surface area (Å²) in [6.07, 6.45) is 3.40. The second-order valence-corrected chi connectivity index (χ2v) is 5.54. The van der Waals surface area contributed by atoms with Crippen molar-refractivity contribution >= 4 is 17.4 Å². The lowest BCUT2D eigenvalue weighted by Gasteiger charge is -2.20. The SMILES string of the molecule is Cc1cnccc1NC(=O)N(C)Cc1cccc(N(C)C)c1. The molecule has 2 rings (SSSR count). The average Bonchev–Trinajstić information content (AvgIpc) is 2.49. The molecule has 0 radical (unpaired) electrons. The number of aryl methyl sites for hydroxylation is 1. The average molecular weight is 298 g/mol. The molecular weight excluding hydrogens is 276 g/mol. The maximum Gasteiger partial charge on any atom is 0.321 e. The predicted molar refractivity (Wildman–Crippen MR) is 90.2 cm³/mol. The fourth-order valence-corrected chi connectivity index (χ4v) is 2.10. The topological polar surface area (TPSA) is 48.5 Å². The van der Waals surface area contributed by atoms with Gasteiger partial charge in [0.25, 0.3) is 0 Å². The second kappa shape index (κ2) is 6.93. The summed E-state index contributed by atoms with van der Waals surface area (Å²) < 4.78 is 0. The molecule has 0 aliphatic rings. The number of urea groups is 1. The Kier molecular flexibility index (Phi) is 4.99. The molecule has 22 heavy (non-hydrogen) atoms. The van der Waals surface area contributed by atoms with Crippen LogP contribution in [0.25, 0.3) is 0 Å². The maximum atomic E-state index is 12.3. The summed E-state index contributed by atoms with van der Waals surface area (Å²) >= 11 is 0. The lowest BCUT2D eigenvalue weighted by Crippen LogP contribution is -2.31. The van der Waals surface area contributed by atoms with Gasteiger partial charge in [0, 0.05) is 51.5 Å². The number of aromatic nitrogens is 1. The van der Waals surface area contributed by atoms with Crippen LogP contribution < -0.4 is 10.2 Å². The van der Waals surface area contributed by atoms with Crippen LogP contribution >= 0.6 is 0 Å². The lowest BCUT2D eigenvalue weighted by molar-refractivity contribution is 0.220.